The molecule has 1 aromatic rings. The first-order valence-corrected chi connectivity index (χ1v) is 3.83. The van der Waals surface area contributed by atoms with E-state index in [2.05, 4.69) is 5.10 Å². The minimum Gasteiger partial charge on any atom is -0.494 e. The molecule has 3 nitrogen and oxygen atoms in total. The molecule has 0 aliphatic rings. The maximum absolute atomic E-state index is 13.2. The Morgan fingerprint density at radius 1 is 1.62 bits per heavy atom. The molecule has 0 bridgehead atoms. The van der Waals surface area contributed by atoms with Crippen molar-refractivity contribution >= 4 is 17.8 Å². The molecule has 1 aromatic carbocycles. The highest BCUT2D eigenvalue weighted by molar-refractivity contribution is 6.33. The van der Waals surface area contributed by atoms with Gasteiger partial charge in [0.25, 0.3) is 0 Å². The van der Waals surface area contributed by atoms with Crippen LogP contribution < -0.4 is 10.6 Å². The minimum absolute atomic E-state index is 0.0476. The fourth-order valence-electron chi connectivity index (χ4n) is 0.884. The lowest BCUT2D eigenvalue weighted by Gasteiger charge is -2.04. The summed E-state index contributed by atoms with van der Waals surface area (Å²) < 4.78 is 18.0. The fourth-order valence-corrected chi connectivity index (χ4v) is 1.09. The molecule has 0 saturated carbocycles. The van der Waals surface area contributed by atoms with Crippen LogP contribution in [0.25, 0.3) is 0 Å². The highest BCUT2D eigenvalue weighted by atomic mass is 35.5. The number of hydrogen-bond acceptors (Lipinski definition) is 3. The van der Waals surface area contributed by atoms with Crippen molar-refractivity contribution in [3.8, 4) is 5.75 Å². The molecule has 0 radical (unpaired) electrons. The van der Waals surface area contributed by atoms with Gasteiger partial charge in [-0.3, -0.25) is 0 Å². The fraction of sp³-hybridized carbons (Fsp3) is 0.125. The van der Waals surface area contributed by atoms with E-state index in [-0.39, 0.29) is 10.8 Å². The Balaban J connectivity index is 3.22. The van der Waals surface area contributed by atoms with Gasteiger partial charge in [-0.05, 0) is 12.1 Å². The second-order valence-corrected chi connectivity index (χ2v) is 2.64. The predicted molar refractivity (Wildman–Crippen MR) is 49.7 cm³/mol. The summed E-state index contributed by atoms with van der Waals surface area (Å²) in [7, 11) is 1.37. The summed E-state index contributed by atoms with van der Waals surface area (Å²) in [6.07, 6.45) is 1.27. The van der Waals surface area contributed by atoms with Gasteiger partial charge in [0.05, 0.1) is 18.3 Å². The molecule has 0 aliphatic carbocycles. The molecule has 70 valence electrons. The SMILES string of the molecule is COc1ccc(C=NN)c(Cl)c1F. The van der Waals surface area contributed by atoms with E-state index in [1.807, 2.05) is 0 Å². The van der Waals surface area contributed by atoms with Gasteiger partial charge in [0.2, 0.25) is 0 Å². The van der Waals surface area contributed by atoms with Crippen LogP contribution in [-0.4, -0.2) is 13.3 Å². The summed E-state index contributed by atoms with van der Waals surface area (Å²) in [5.41, 5.74) is 0.419. The maximum atomic E-state index is 13.2. The average molecular weight is 203 g/mol. The van der Waals surface area contributed by atoms with Crippen LogP contribution >= 0.6 is 11.6 Å². The van der Waals surface area contributed by atoms with E-state index in [0.717, 1.165) is 0 Å². The molecule has 0 amide bonds. The number of nitrogens with zero attached hydrogens (tertiary/aromatic N) is 1. The van der Waals surface area contributed by atoms with E-state index in [9.17, 15) is 4.39 Å². The second-order valence-electron chi connectivity index (χ2n) is 2.26. The predicted octanol–water partition coefficient (Wildman–Crippen LogP) is 1.78. The van der Waals surface area contributed by atoms with Gasteiger partial charge in [-0.1, -0.05) is 11.6 Å². The zero-order chi connectivity index (χ0) is 9.84. The Morgan fingerprint density at radius 3 is 2.85 bits per heavy atom. The van der Waals surface area contributed by atoms with Crippen molar-refractivity contribution in [2.75, 3.05) is 7.11 Å². The molecular formula is C8H8ClFN2O. The normalized spacial score (nSPS) is 10.7. The van der Waals surface area contributed by atoms with Crippen molar-refractivity contribution in [1.82, 2.24) is 0 Å². The lowest BCUT2D eigenvalue weighted by molar-refractivity contribution is 0.386. The summed E-state index contributed by atoms with van der Waals surface area (Å²) in [6, 6.07) is 3.03. The maximum Gasteiger partial charge on any atom is 0.184 e. The Morgan fingerprint density at radius 2 is 2.31 bits per heavy atom. The molecule has 0 spiro atoms. The van der Waals surface area contributed by atoms with Gasteiger partial charge >= 0.3 is 0 Å². The Kier molecular flexibility index (Phi) is 3.08. The summed E-state index contributed by atoms with van der Waals surface area (Å²) in [5, 5.41) is 3.20. The van der Waals surface area contributed by atoms with Gasteiger partial charge < -0.3 is 10.6 Å². The number of ether oxygens (including phenoxy) is 1. The van der Waals surface area contributed by atoms with E-state index in [1.165, 1.54) is 19.4 Å². The van der Waals surface area contributed by atoms with Crippen LogP contribution in [0, 0.1) is 5.82 Å². The molecule has 0 fully saturated rings. The summed E-state index contributed by atoms with van der Waals surface area (Å²) >= 11 is 5.65. The molecule has 0 atom stereocenters. The van der Waals surface area contributed by atoms with Gasteiger partial charge in [0, 0.05) is 5.56 Å². The quantitative estimate of drug-likeness (QED) is 0.452. The van der Waals surface area contributed by atoms with Crippen LogP contribution in [0.15, 0.2) is 17.2 Å². The molecule has 2 N–H and O–H groups in total. The molecule has 0 aromatic heterocycles. The molecule has 0 aliphatic heterocycles. The van der Waals surface area contributed by atoms with Crippen LogP contribution in [-0.2, 0) is 0 Å². The van der Waals surface area contributed by atoms with Crippen LogP contribution in [0.4, 0.5) is 4.39 Å². The molecule has 0 saturated heterocycles. The third-order valence-electron chi connectivity index (χ3n) is 1.51. The number of hydrazone groups is 1. The molecule has 13 heavy (non-hydrogen) atoms. The zero-order valence-corrected chi connectivity index (χ0v) is 7.68. The third kappa shape index (κ3) is 1.89. The van der Waals surface area contributed by atoms with Crippen molar-refractivity contribution in [1.29, 1.82) is 0 Å². The number of halogens is 2. The average Bonchev–Trinajstić information content (AvgIpc) is 2.14. The molecule has 5 heteroatoms. The first-order valence-electron chi connectivity index (χ1n) is 3.46. The van der Waals surface area contributed by atoms with E-state index >= 15 is 0 Å². The summed E-state index contributed by atoms with van der Waals surface area (Å²) in [5.74, 6) is 4.39. The Hall–Kier alpha value is -1.29. The lowest BCUT2D eigenvalue weighted by Crippen LogP contribution is -1.94. The van der Waals surface area contributed by atoms with Crippen LogP contribution in [0.2, 0.25) is 5.02 Å². The van der Waals surface area contributed by atoms with Crippen LogP contribution in [0.1, 0.15) is 5.56 Å². The largest absolute Gasteiger partial charge is 0.494 e. The lowest BCUT2D eigenvalue weighted by atomic mass is 10.2. The van der Waals surface area contributed by atoms with E-state index in [1.54, 1.807) is 6.07 Å². The highest BCUT2D eigenvalue weighted by Crippen LogP contribution is 2.26. The van der Waals surface area contributed by atoms with E-state index < -0.39 is 5.82 Å². The molecular weight excluding hydrogens is 195 g/mol. The third-order valence-corrected chi connectivity index (χ3v) is 1.89. The summed E-state index contributed by atoms with van der Waals surface area (Å²) in [4.78, 5) is 0. The van der Waals surface area contributed by atoms with Crippen molar-refractivity contribution in [3.63, 3.8) is 0 Å². The highest BCUT2D eigenvalue weighted by Gasteiger charge is 2.10. The second kappa shape index (κ2) is 4.09. The summed E-state index contributed by atoms with van der Waals surface area (Å²) in [6.45, 7) is 0. The topological polar surface area (TPSA) is 47.6 Å². The smallest absolute Gasteiger partial charge is 0.184 e. The first kappa shape index (κ1) is 9.80. The van der Waals surface area contributed by atoms with Gasteiger partial charge in [-0.2, -0.15) is 5.10 Å². The van der Waals surface area contributed by atoms with Crippen LogP contribution in [0.5, 0.6) is 5.75 Å². The van der Waals surface area contributed by atoms with Gasteiger partial charge in [-0.25, -0.2) is 4.39 Å². The number of rotatable bonds is 2. The van der Waals surface area contributed by atoms with Crippen molar-refractivity contribution in [2.24, 2.45) is 10.9 Å². The van der Waals surface area contributed by atoms with Gasteiger partial charge in [-0.15, -0.1) is 0 Å². The standard InChI is InChI=1S/C8H8ClFN2O/c1-13-6-3-2-5(4-12-11)7(9)8(6)10/h2-4H,11H2,1H3. The molecule has 0 unspecified atom stereocenters. The van der Waals surface area contributed by atoms with Crippen molar-refractivity contribution in [2.45, 2.75) is 0 Å². The van der Waals surface area contributed by atoms with Gasteiger partial charge in [0.15, 0.2) is 11.6 Å². The van der Waals surface area contributed by atoms with Crippen molar-refractivity contribution < 1.29 is 9.13 Å². The van der Waals surface area contributed by atoms with Crippen LogP contribution in [0.3, 0.4) is 0 Å². The van der Waals surface area contributed by atoms with Gasteiger partial charge in [0.1, 0.15) is 0 Å². The Labute approximate surface area is 79.9 Å². The number of benzene rings is 1. The minimum atomic E-state index is -0.610. The number of methoxy groups -OCH3 is 1. The number of hydrogen-bond donors (Lipinski definition) is 1. The van der Waals surface area contributed by atoms with E-state index in [4.69, 9.17) is 22.2 Å². The number of nitrogens with two attached hydrogens (primary N) is 1. The molecule has 0 heterocycles. The molecule has 1 rings (SSSR count). The van der Waals surface area contributed by atoms with Crippen molar-refractivity contribution in [3.05, 3.63) is 28.5 Å². The Bertz CT molecular complexity index is 341. The zero-order valence-electron chi connectivity index (χ0n) is 6.92. The first-order chi connectivity index (χ1) is 6.20. The monoisotopic (exact) mass is 202 g/mol. The van der Waals surface area contributed by atoms with E-state index in [0.29, 0.717) is 5.56 Å².